The molecule has 1 aromatic carbocycles. The molecule has 0 saturated heterocycles. The van der Waals surface area contributed by atoms with E-state index >= 15 is 0 Å². The first-order chi connectivity index (χ1) is 9.06. The Morgan fingerprint density at radius 1 is 1.21 bits per heavy atom. The zero-order valence-corrected chi connectivity index (χ0v) is 13.4. The van der Waals surface area contributed by atoms with Gasteiger partial charge in [0.05, 0.1) is 0 Å². The molecule has 3 rings (SSSR count). The van der Waals surface area contributed by atoms with Gasteiger partial charge in [0.25, 0.3) is 0 Å². The number of imidazole rings is 1. The van der Waals surface area contributed by atoms with Crippen molar-refractivity contribution in [3.63, 3.8) is 0 Å². The van der Waals surface area contributed by atoms with Crippen LogP contribution in [0.4, 0.5) is 5.82 Å². The largest absolute Gasteiger partial charge is 0.383 e. The molecular weight excluding hydrogens is 370 g/mol. The highest BCUT2D eigenvalue weighted by Gasteiger charge is 2.12. The smallest absolute Gasteiger partial charge is 0.139 e. The second kappa shape index (κ2) is 4.65. The predicted octanol–water partition coefficient (Wildman–Crippen LogP) is 4.42. The van der Waals surface area contributed by atoms with Gasteiger partial charge in [0.1, 0.15) is 17.2 Å². The van der Waals surface area contributed by atoms with Crippen molar-refractivity contribution in [3.05, 3.63) is 51.0 Å². The first-order valence-electron chi connectivity index (χ1n) is 5.76. The summed E-state index contributed by atoms with van der Waals surface area (Å²) < 4.78 is 3.93. The number of aromatic nitrogens is 2. The molecule has 3 aromatic rings. The monoisotopic (exact) mass is 379 g/mol. The molecule has 0 bridgehead atoms. The highest BCUT2D eigenvalue weighted by Crippen LogP contribution is 2.30. The van der Waals surface area contributed by atoms with Gasteiger partial charge in [0, 0.05) is 20.7 Å². The van der Waals surface area contributed by atoms with E-state index in [1.807, 2.05) is 47.9 Å². The summed E-state index contributed by atoms with van der Waals surface area (Å²) in [6, 6.07) is 9.99. The Bertz CT molecular complexity index is 778. The number of benzene rings is 1. The van der Waals surface area contributed by atoms with E-state index in [2.05, 4.69) is 36.8 Å². The second-order valence-corrected chi connectivity index (χ2v) is 6.16. The lowest BCUT2D eigenvalue weighted by Gasteiger charge is -2.01. The first-order valence-corrected chi connectivity index (χ1v) is 7.34. The molecule has 0 saturated carbocycles. The van der Waals surface area contributed by atoms with Gasteiger partial charge < -0.3 is 5.73 Å². The number of nitrogen functional groups attached to an aromatic ring is 1. The molecule has 96 valence electrons. The molecule has 0 unspecified atom stereocenters. The minimum Gasteiger partial charge on any atom is -0.383 e. The van der Waals surface area contributed by atoms with Crippen molar-refractivity contribution in [3.8, 4) is 11.3 Å². The Kier molecular flexibility index (Phi) is 3.11. The molecular formula is C14H11Br2N3. The van der Waals surface area contributed by atoms with Crippen LogP contribution in [0, 0.1) is 6.92 Å². The second-order valence-electron chi connectivity index (χ2n) is 4.39. The average Bonchev–Trinajstić information content (AvgIpc) is 2.68. The number of nitrogens with two attached hydrogens (primary N) is 1. The molecule has 0 aliphatic heterocycles. The summed E-state index contributed by atoms with van der Waals surface area (Å²) in [5.41, 5.74) is 10.0. The van der Waals surface area contributed by atoms with E-state index in [-0.39, 0.29) is 0 Å². The van der Waals surface area contributed by atoms with Gasteiger partial charge in [-0.1, -0.05) is 28.1 Å². The van der Waals surface area contributed by atoms with E-state index in [0.29, 0.717) is 5.82 Å². The van der Waals surface area contributed by atoms with E-state index < -0.39 is 0 Å². The Morgan fingerprint density at radius 3 is 2.74 bits per heavy atom. The number of aryl methyl sites for hydroxylation is 1. The molecule has 5 heteroatoms. The fraction of sp³-hybridized carbons (Fsp3) is 0.0714. The maximum Gasteiger partial charge on any atom is 0.139 e. The van der Waals surface area contributed by atoms with Crippen LogP contribution >= 0.6 is 31.9 Å². The van der Waals surface area contributed by atoms with Crippen molar-refractivity contribution in [2.45, 2.75) is 6.92 Å². The van der Waals surface area contributed by atoms with Gasteiger partial charge in [-0.3, -0.25) is 4.40 Å². The maximum absolute atomic E-state index is 6.20. The normalized spacial score (nSPS) is 11.1. The van der Waals surface area contributed by atoms with Gasteiger partial charge >= 0.3 is 0 Å². The Hall–Kier alpha value is -1.33. The molecule has 0 aliphatic rings. The van der Waals surface area contributed by atoms with Crippen LogP contribution in [0.5, 0.6) is 0 Å². The van der Waals surface area contributed by atoms with E-state index in [4.69, 9.17) is 5.73 Å². The summed E-state index contributed by atoms with van der Waals surface area (Å²) in [6.45, 7) is 2.04. The van der Waals surface area contributed by atoms with Crippen LogP contribution in [-0.4, -0.2) is 9.38 Å². The molecule has 0 spiro atoms. The van der Waals surface area contributed by atoms with E-state index in [1.54, 1.807) is 0 Å². The third-order valence-electron chi connectivity index (χ3n) is 3.04. The molecule has 2 aromatic heterocycles. The van der Waals surface area contributed by atoms with Crippen LogP contribution in [0.25, 0.3) is 16.9 Å². The number of hydrogen-bond acceptors (Lipinski definition) is 2. The van der Waals surface area contributed by atoms with Gasteiger partial charge in [-0.15, -0.1) is 0 Å². The molecule has 3 nitrogen and oxygen atoms in total. The maximum atomic E-state index is 6.20. The third-order valence-corrected chi connectivity index (χ3v) is 4.36. The number of pyridine rings is 1. The number of hydrogen-bond donors (Lipinski definition) is 1. The van der Waals surface area contributed by atoms with Crippen molar-refractivity contribution in [2.75, 3.05) is 5.73 Å². The van der Waals surface area contributed by atoms with Crippen LogP contribution in [0.1, 0.15) is 5.56 Å². The standard InChI is InChI=1S/C14H11Br2N3/c1-8-5-12-18-13(9-3-2-4-10(15)6-9)14(17)19(12)7-11(8)16/h2-7H,17H2,1H3. The quantitative estimate of drug-likeness (QED) is 0.679. The first kappa shape index (κ1) is 12.7. The molecule has 0 amide bonds. The van der Waals surface area contributed by atoms with Crippen molar-refractivity contribution < 1.29 is 0 Å². The average molecular weight is 381 g/mol. The Balaban J connectivity index is 2.28. The lowest BCUT2D eigenvalue weighted by Crippen LogP contribution is -1.94. The summed E-state index contributed by atoms with van der Waals surface area (Å²) in [5, 5.41) is 0. The fourth-order valence-electron chi connectivity index (χ4n) is 2.03. The van der Waals surface area contributed by atoms with Crippen molar-refractivity contribution in [1.29, 1.82) is 0 Å². The molecule has 0 radical (unpaired) electrons. The molecule has 0 fully saturated rings. The lowest BCUT2D eigenvalue weighted by molar-refractivity contribution is 1.16. The lowest BCUT2D eigenvalue weighted by atomic mass is 10.1. The van der Waals surface area contributed by atoms with Gasteiger partial charge in [-0.25, -0.2) is 4.98 Å². The molecule has 2 heterocycles. The molecule has 0 aliphatic carbocycles. The highest BCUT2D eigenvalue weighted by atomic mass is 79.9. The SMILES string of the molecule is Cc1cc2nc(-c3cccc(Br)c3)c(N)n2cc1Br. The summed E-state index contributed by atoms with van der Waals surface area (Å²) in [6.07, 6.45) is 1.95. The number of anilines is 1. The number of rotatable bonds is 1. The number of halogens is 2. The van der Waals surface area contributed by atoms with E-state index in [9.17, 15) is 0 Å². The van der Waals surface area contributed by atoms with E-state index in [1.165, 1.54) is 0 Å². The van der Waals surface area contributed by atoms with E-state index in [0.717, 1.165) is 31.4 Å². The summed E-state index contributed by atoms with van der Waals surface area (Å²) in [5.74, 6) is 0.647. The van der Waals surface area contributed by atoms with Crippen LogP contribution in [0.2, 0.25) is 0 Å². The summed E-state index contributed by atoms with van der Waals surface area (Å²) >= 11 is 6.98. The molecule has 0 atom stereocenters. The Morgan fingerprint density at radius 2 is 2.00 bits per heavy atom. The minimum absolute atomic E-state index is 0.647. The number of nitrogens with zero attached hydrogens (tertiary/aromatic N) is 2. The predicted molar refractivity (Wildman–Crippen MR) is 85.2 cm³/mol. The topological polar surface area (TPSA) is 43.3 Å². The molecule has 2 N–H and O–H groups in total. The van der Waals surface area contributed by atoms with Crippen molar-refractivity contribution in [2.24, 2.45) is 0 Å². The molecule has 19 heavy (non-hydrogen) atoms. The highest BCUT2D eigenvalue weighted by molar-refractivity contribution is 9.10. The van der Waals surface area contributed by atoms with Gasteiger partial charge in [0.15, 0.2) is 0 Å². The zero-order chi connectivity index (χ0) is 13.6. The van der Waals surface area contributed by atoms with Gasteiger partial charge in [-0.2, -0.15) is 0 Å². The minimum atomic E-state index is 0.647. The number of fused-ring (bicyclic) bond motifs is 1. The summed E-state index contributed by atoms with van der Waals surface area (Å²) in [4.78, 5) is 4.62. The van der Waals surface area contributed by atoms with Gasteiger partial charge in [0.2, 0.25) is 0 Å². The summed E-state index contributed by atoms with van der Waals surface area (Å²) in [7, 11) is 0. The fourth-order valence-corrected chi connectivity index (χ4v) is 2.75. The Labute approximate surface area is 127 Å². The van der Waals surface area contributed by atoms with Crippen molar-refractivity contribution in [1.82, 2.24) is 9.38 Å². The van der Waals surface area contributed by atoms with Crippen LogP contribution < -0.4 is 5.73 Å². The van der Waals surface area contributed by atoms with Gasteiger partial charge in [-0.05, 0) is 46.6 Å². The van der Waals surface area contributed by atoms with Crippen LogP contribution in [0.15, 0.2) is 45.5 Å². The van der Waals surface area contributed by atoms with Crippen LogP contribution in [0.3, 0.4) is 0 Å². The third kappa shape index (κ3) is 2.17. The van der Waals surface area contributed by atoms with Crippen molar-refractivity contribution >= 4 is 43.3 Å². The van der Waals surface area contributed by atoms with Crippen LogP contribution in [-0.2, 0) is 0 Å². The zero-order valence-electron chi connectivity index (χ0n) is 10.2.